The van der Waals surface area contributed by atoms with Crippen LogP contribution in [0.4, 0.5) is 8.78 Å². The van der Waals surface area contributed by atoms with Gasteiger partial charge in [-0.25, -0.2) is 8.78 Å². The first-order valence-corrected chi connectivity index (χ1v) is 12.6. The minimum absolute atomic E-state index is 0.530. The molecule has 2 aliphatic carbocycles. The molecule has 1 aromatic rings. The van der Waals surface area contributed by atoms with E-state index in [9.17, 15) is 8.78 Å². The highest BCUT2D eigenvalue weighted by Gasteiger charge is 2.31. The molecule has 0 N–H and O–H groups in total. The maximum Gasteiger partial charge on any atom is 0.162 e. The summed E-state index contributed by atoms with van der Waals surface area (Å²) in [5.41, 5.74) is 1.13. The minimum Gasteiger partial charge on any atom is -0.203 e. The van der Waals surface area contributed by atoms with Crippen molar-refractivity contribution in [3.05, 3.63) is 34.9 Å². The van der Waals surface area contributed by atoms with Crippen LogP contribution in [0.5, 0.6) is 0 Å². The van der Waals surface area contributed by atoms with Crippen molar-refractivity contribution in [3.63, 3.8) is 0 Å². The average molecular weight is 405 g/mol. The molecule has 0 aromatic heterocycles. The van der Waals surface area contributed by atoms with Crippen LogP contribution in [0.1, 0.15) is 108 Å². The van der Waals surface area contributed by atoms with Crippen LogP contribution in [-0.4, -0.2) is 0 Å². The Labute approximate surface area is 177 Å². The van der Waals surface area contributed by atoms with Crippen molar-refractivity contribution >= 4 is 0 Å². The Hall–Kier alpha value is -0.920. The monoisotopic (exact) mass is 404 g/mol. The first-order valence-electron chi connectivity index (χ1n) is 12.6. The van der Waals surface area contributed by atoms with Crippen LogP contribution in [0.3, 0.4) is 0 Å². The molecule has 2 aliphatic rings. The third kappa shape index (κ3) is 6.28. The van der Waals surface area contributed by atoms with Crippen LogP contribution in [0, 0.1) is 35.3 Å². The van der Waals surface area contributed by atoms with Crippen LogP contribution in [0.15, 0.2) is 12.1 Å². The summed E-state index contributed by atoms with van der Waals surface area (Å²) < 4.78 is 28.7. The Balaban J connectivity index is 1.43. The van der Waals surface area contributed by atoms with E-state index < -0.39 is 11.6 Å². The number of rotatable bonds is 9. The van der Waals surface area contributed by atoms with Crippen LogP contribution >= 0.6 is 0 Å². The second-order valence-electron chi connectivity index (χ2n) is 10.0. The summed E-state index contributed by atoms with van der Waals surface area (Å²) in [5.74, 6) is 2.15. The summed E-state index contributed by atoms with van der Waals surface area (Å²) in [6.45, 7) is 4.29. The van der Waals surface area contributed by atoms with Crippen LogP contribution in [-0.2, 0) is 12.8 Å². The molecule has 2 heteroatoms. The third-order valence-corrected chi connectivity index (χ3v) is 7.94. The van der Waals surface area contributed by atoms with Crippen molar-refractivity contribution in [1.82, 2.24) is 0 Å². The lowest BCUT2D eigenvalue weighted by atomic mass is 9.68. The molecule has 0 aliphatic heterocycles. The van der Waals surface area contributed by atoms with E-state index in [1.807, 2.05) is 19.1 Å². The largest absolute Gasteiger partial charge is 0.203 e. The van der Waals surface area contributed by atoms with Gasteiger partial charge in [0.05, 0.1) is 0 Å². The van der Waals surface area contributed by atoms with Gasteiger partial charge in [0.1, 0.15) is 0 Å². The van der Waals surface area contributed by atoms with Gasteiger partial charge in [-0.15, -0.1) is 0 Å². The molecular formula is C27H42F2. The van der Waals surface area contributed by atoms with Crippen molar-refractivity contribution < 1.29 is 8.78 Å². The summed E-state index contributed by atoms with van der Waals surface area (Å²) >= 11 is 0. The number of hydrogen-bond acceptors (Lipinski definition) is 0. The van der Waals surface area contributed by atoms with Crippen LogP contribution in [0.2, 0.25) is 0 Å². The Morgan fingerprint density at radius 2 is 1.24 bits per heavy atom. The topological polar surface area (TPSA) is 0 Å². The highest BCUT2D eigenvalue weighted by Crippen LogP contribution is 2.43. The second-order valence-corrected chi connectivity index (χ2v) is 10.0. The van der Waals surface area contributed by atoms with Gasteiger partial charge in [0.25, 0.3) is 0 Å². The van der Waals surface area contributed by atoms with Gasteiger partial charge in [-0.1, -0.05) is 70.9 Å². The molecule has 0 saturated heterocycles. The molecule has 164 valence electrons. The standard InChI is InChI=1S/C27H42F2/c1-3-5-6-8-20-9-13-22(14-10-20)23-15-11-21(12-16-23)19-25-18-17-24(7-4-2)26(28)27(25)29/h17-18,20-23H,3-16,19H2,1-2H3. The summed E-state index contributed by atoms with van der Waals surface area (Å²) in [6.07, 6.45) is 18.5. The van der Waals surface area contributed by atoms with E-state index in [1.165, 1.54) is 77.0 Å². The predicted octanol–water partition coefficient (Wildman–Crippen LogP) is 8.65. The van der Waals surface area contributed by atoms with E-state index in [0.29, 0.717) is 29.9 Å². The van der Waals surface area contributed by atoms with Gasteiger partial charge in [-0.05, 0) is 86.2 Å². The fraction of sp³-hybridized carbons (Fsp3) is 0.778. The molecule has 3 rings (SSSR count). The molecule has 0 nitrogen and oxygen atoms in total. The van der Waals surface area contributed by atoms with E-state index in [2.05, 4.69) is 6.92 Å². The molecule has 0 bridgehead atoms. The summed E-state index contributed by atoms with van der Waals surface area (Å²) in [6, 6.07) is 3.65. The zero-order chi connectivity index (χ0) is 20.6. The molecule has 0 amide bonds. The van der Waals surface area contributed by atoms with Gasteiger partial charge in [0.2, 0.25) is 0 Å². The number of aryl methyl sites for hydroxylation is 1. The van der Waals surface area contributed by atoms with Gasteiger partial charge in [-0.2, -0.15) is 0 Å². The molecule has 0 unspecified atom stereocenters. The van der Waals surface area contributed by atoms with E-state index in [0.717, 1.165) is 24.2 Å². The molecule has 2 fully saturated rings. The molecular weight excluding hydrogens is 362 g/mol. The highest BCUT2D eigenvalue weighted by atomic mass is 19.2. The van der Waals surface area contributed by atoms with Gasteiger partial charge in [0.15, 0.2) is 11.6 Å². The van der Waals surface area contributed by atoms with Gasteiger partial charge in [0, 0.05) is 0 Å². The minimum atomic E-state index is -0.603. The Bertz CT molecular complexity index is 607. The molecule has 0 radical (unpaired) electrons. The fourth-order valence-corrected chi connectivity index (χ4v) is 6.06. The van der Waals surface area contributed by atoms with Crippen molar-refractivity contribution in [2.24, 2.45) is 23.7 Å². The number of benzene rings is 1. The van der Waals surface area contributed by atoms with Crippen LogP contribution < -0.4 is 0 Å². The van der Waals surface area contributed by atoms with E-state index in [4.69, 9.17) is 0 Å². The van der Waals surface area contributed by atoms with Gasteiger partial charge >= 0.3 is 0 Å². The summed E-state index contributed by atoms with van der Waals surface area (Å²) in [4.78, 5) is 0. The molecule has 2 saturated carbocycles. The molecule has 1 aromatic carbocycles. The van der Waals surface area contributed by atoms with Crippen molar-refractivity contribution in [1.29, 1.82) is 0 Å². The predicted molar refractivity (Wildman–Crippen MR) is 119 cm³/mol. The molecule has 0 atom stereocenters. The van der Waals surface area contributed by atoms with E-state index in [-0.39, 0.29) is 0 Å². The first-order chi connectivity index (χ1) is 14.1. The maximum absolute atomic E-state index is 14.5. The van der Waals surface area contributed by atoms with Gasteiger partial charge < -0.3 is 0 Å². The lowest BCUT2D eigenvalue weighted by Crippen LogP contribution is -2.26. The fourth-order valence-electron chi connectivity index (χ4n) is 6.06. The quantitative estimate of drug-likeness (QED) is 0.361. The number of hydrogen-bond donors (Lipinski definition) is 0. The SMILES string of the molecule is CCCCCC1CCC(C2CCC(Cc3ccc(CCC)c(F)c3F)CC2)CC1. The lowest BCUT2D eigenvalue weighted by molar-refractivity contribution is 0.142. The zero-order valence-electron chi connectivity index (χ0n) is 18.8. The maximum atomic E-state index is 14.5. The first kappa shape index (κ1) is 22.8. The molecule has 29 heavy (non-hydrogen) atoms. The highest BCUT2D eigenvalue weighted by molar-refractivity contribution is 5.27. The van der Waals surface area contributed by atoms with Gasteiger partial charge in [-0.3, -0.25) is 0 Å². The van der Waals surface area contributed by atoms with Crippen molar-refractivity contribution in [2.75, 3.05) is 0 Å². The normalized spacial score (nSPS) is 27.9. The van der Waals surface area contributed by atoms with Crippen LogP contribution in [0.25, 0.3) is 0 Å². The van der Waals surface area contributed by atoms with Crippen molar-refractivity contribution in [2.45, 2.75) is 110 Å². The smallest absolute Gasteiger partial charge is 0.162 e. The van der Waals surface area contributed by atoms with Crippen molar-refractivity contribution in [3.8, 4) is 0 Å². The average Bonchev–Trinajstić information content (AvgIpc) is 2.75. The summed E-state index contributed by atoms with van der Waals surface area (Å²) in [7, 11) is 0. The second kappa shape index (κ2) is 11.5. The Morgan fingerprint density at radius 1 is 0.690 bits per heavy atom. The lowest BCUT2D eigenvalue weighted by Gasteiger charge is -2.38. The van der Waals surface area contributed by atoms with E-state index in [1.54, 1.807) is 0 Å². The summed E-state index contributed by atoms with van der Waals surface area (Å²) in [5, 5.41) is 0. The number of halogens is 2. The number of unbranched alkanes of at least 4 members (excludes halogenated alkanes) is 2. The zero-order valence-corrected chi connectivity index (χ0v) is 18.8. The molecule has 0 spiro atoms. The molecule has 0 heterocycles. The Kier molecular flexibility index (Phi) is 9.00. The Morgan fingerprint density at radius 3 is 1.83 bits per heavy atom. The van der Waals surface area contributed by atoms with E-state index >= 15 is 0 Å². The third-order valence-electron chi connectivity index (χ3n) is 7.94.